The fourth-order valence-electron chi connectivity index (χ4n) is 2.10. The number of carboxylic acids is 1. The van der Waals surface area contributed by atoms with Crippen molar-refractivity contribution >= 4 is 35.0 Å². The number of aliphatic carboxylic acids is 1. The smallest absolute Gasteiger partial charge is 0.327 e. The molecule has 2 aromatic rings. The van der Waals surface area contributed by atoms with Gasteiger partial charge < -0.3 is 10.0 Å². The van der Waals surface area contributed by atoms with E-state index in [-0.39, 0.29) is 5.91 Å². The monoisotopic (exact) mass is 325 g/mol. The van der Waals surface area contributed by atoms with E-state index in [4.69, 9.17) is 0 Å². The lowest BCUT2D eigenvalue weighted by Gasteiger charge is -2.32. The number of tetrazole rings is 1. The first-order valence-electron chi connectivity index (χ1n) is 6.11. The molecule has 0 aromatic carbocycles. The second kappa shape index (κ2) is 5.82. The largest absolute Gasteiger partial charge is 0.480 e. The van der Waals surface area contributed by atoms with Crippen molar-refractivity contribution in [1.82, 2.24) is 25.1 Å². The molecule has 3 heterocycles. The van der Waals surface area contributed by atoms with Crippen LogP contribution in [0.4, 0.5) is 0 Å². The van der Waals surface area contributed by atoms with Gasteiger partial charge in [-0.2, -0.15) is 16.4 Å². The molecule has 8 nitrogen and oxygen atoms in total. The van der Waals surface area contributed by atoms with E-state index in [9.17, 15) is 14.7 Å². The first kappa shape index (κ1) is 14.0. The number of thiophene rings is 1. The van der Waals surface area contributed by atoms with Crippen LogP contribution < -0.4 is 0 Å². The van der Waals surface area contributed by atoms with Gasteiger partial charge in [-0.1, -0.05) is 0 Å². The molecule has 110 valence electrons. The SMILES string of the molecule is O=C(O)C1CSCCN1C(=O)c1sccc1-n1cnnn1. The van der Waals surface area contributed by atoms with E-state index in [1.807, 2.05) is 0 Å². The van der Waals surface area contributed by atoms with Gasteiger partial charge in [0.15, 0.2) is 0 Å². The lowest BCUT2D eigenvalue weighted by Crippen LogP contribution is -2.50. The van der Waals surface area contributed by atoms with Gasteiger partial charge >= 0.3 is 5.97 Å². The summed E-state index contributed by atoms with van der Waals surface area (Å²) in [4.78, 5) is 25.8. The maximum Gasteiger partial charge on any atom is 0.327 e. The van der Waals surface area contributed by atoms with Gasteiger partial charge in [-0.25, -0.2) is 4.79 Å². The Morgan fingerprint density at radius 1 is 1.43 bits per heavy atom. The highest BCUT2D eigenvalue weighted by Crippen LogP contribution is 2.25. The van der Waals surface area contributed by atoms with Gasteiger partial charge in [-0.05, 0) is 21.9 Å². The number of amides is 1. The quantitative estimate of drug-likeness (QED) is 0.869. The van der Waals surface area contributed by atoms with Crippen molar-refractivity contribution < 1.29 is 14.7 Å². The molecule has 1 fully saturated rings. The molecule has 1 unspecified atom stereocenters. The molecule has 0 saturated carbocycles. The Labute approximate surface area is 127 Å². The fourth-order valence-corrected chi connectivity index (χ4v) is 3.97. The van der Waals surface area contributed by atoms with Crippen molar-refractivity contribution in [2.45, 2.75) is 6.04 Å². The molecule has 0 bridgehead atoms. The molecule has 21 heavy (non-hydrogen) atoms. The summed E-state index contributed by atoms with van der Waals surface area (Å²) in [5.74, 6) is -0.118. The van der Waals surface area contributed by atoms with Gasteiger partial charge in [0.2, 0.25) is 0 Å². The molecule has 10 heteroatoms. The first-order valence-corrected chi connectivity index (χ1v) is 8.14. The highest BCUT2D eigenvalue weighted by Gasteiger charge is 2.34. The maximum absolute atomic E-state index is 12.7. The van der Waals surface area contributed by atoms with E-state index >= 15 is 0 Å². The minimum absolute atomic E-state index is 0.289. The highest BCUT2D eigenvalue weighted by atomic mass is 32.2. The zero-order valence-corrected chi connectivity index (χ0v) is 12.4. The molecular weight excluding hydrogens is 314 g/mol. The van der Waals surface area contributed by atoms with Gasteiger partial charge in [0.1, 0.15) is 17.2 Å². The van der Waals surface area contributed by atoms with Crippen molar-refractivity contribution in [1.29, 1.82) is 0 Å². The lowest BCUT2D eigenvalue weighted by atomic mass is 10.2. The van der Waals surface area contributed by atoms with E-state index in [2.05, 4.69) is 15.5 Å². The van der Waals surface area contributed by atoms with Gasteiger partial charge in [0.05, 0.1) is 5.69 Å². The Kier molecular flexibility index (Phi) is 3.88. The number of thioether (sulfide) groups is 1. The van der Waals surface area contributed by atoms with Gasteiger partial charge in [-0.15, -0.1) is 16.4 Å². The Bertz CT molecular complexity index is 657. The Morgan fingerprint density at radius 2 is 2.29 bits per heavy atom. The summed E-state index contributed by atoms with van der Waals surface area (Å²) in [7, 11) is 0. The average Bonchev–Trinajstić information content (AvgIpc) is 3.16. The third-order valence-corrected chi connectivity index (χ3v) is 5.02. The third kappa shape index (κ3) is 2.63. The van der Waals surface area contributed by atoms with Gasteiger partial charge in [0.25, 0.3) is 5.91 Å². The highest BCUT2D eigenvalue weighted by molar-refractivity contribution is 7.99. The summed E-state index contributed by atoms with van der Waals surface area (Å²) < 4.78 is 1.40. The standard InChI is InChI=1S/C11H11N5O3S2/c17-10(15-2-4-20-5-8(15)11(18)19)9-7(1-3-21-9)16-6-12-13-14-16/h1,3,6,8H,2,4-5H2,(H,18,19). The van der Waals surface area contributed by atoms with Crippen molar-refractivity contribution in [2.75, 3.05) is 18.1 Å². The average molecular weight is 325 g/mol. The van der Waals surface area contributed by atoms with Crippen molar-refractivity contribution in [3.8, 4) is 5.69 Å². The van der Waals surface area contributed by atoms with Crippen molar-refractivity contribution in [3.63, 3.8) is 0 Å². The Hall–Kier alpha value is -1.94. The molecule has 1 saturated heterocycles. The Morgan fingerprint density at radius 3 is 3.00 bits per heavy atom. The molecule has 3 rings (SSSR count). The normalized spacial score (nSPS) is 18.7. The second-order valence-corrected chi connectivity index (χ2v) is 6.38. The van der Waals surface area contributed by atoms with Crippen LogP contribution in [0.3, 0.4) is 0 Å². The predicted molar refractivity (Wildman–Crippen MR) is 76.8 cm³/mol. The second-order valence-electron chi connectivity index (χ2n) is 4.32. The van der Waals surface area contributed by atoms with Crippen LogP contribution in [0.15, 0.2) is 17.8 Å². The van der Waals surface area contributed by atoms with E-state index in [0.717, 1.165) is 5.75 Å². The molecule has 2 aromatic heterocycles. The van der Waals surface area contributed by atoms with Crippen LogP contribution >= 0.6 is 23.1 Å². The van der Waals surface area contributed by atoms with E-state index < -0.39 is 12.0 Å². The predicted octanol–water partition coefficient (Wildman–Crippen LogP) is 0.366. The lowest BCUT2D eigenvalue weighted by molar-refractivity contribution is -0.141. The number of carbonyl (C=O) groups excluding carboxylic acids is 1. The topological polar surface area (TPSA) is 101 Å². The van der Waals surface area contributed by atoms with Crippen LogP contribution in [0.1, 0.15) is 9.67 Å². The molecular formula is C11H11N5O3S2. The summed E-state index contributed by atoms with van der Waals surface area (Å²) in [6, 6.07) is 0.947. The summed E-state index contributed by atoms with van der Waals surface area (Å²) in [5, 5.41) is 21.9. The molecule has 1 aliphatic rings. The van der Waals surface area contributed by atoms with E-state index in [1.54, 1.807) is 23.2 Å². The first-order chi connectivity index (χ1) is 10.2. The number of hydrogen-bond acceptors (Lipinski definition) is 7. The molecule has 0 radical (unpaired) electrons. The molecule has 1 aliphatic heterocycles. The number of hydrogen-bond donors (Lipinski definition) is 1. The van der Waals surface area contributed by atoms with Crippen molar-refractivity contribution in [3.05, 3.63) is 22.7 Å². The number of carbonyl (C=O) groups is 2. The molecule has 0 spiro atoms. The van der Waals surface area contributed by atoms with Crippen LogP contribution in [0.2, 0.25) is 0 Å². The Balaban J connectivity index is 1.92. The molecule has 1 amide bonds. The van der Waals surface area contributed by atoms with E-state index in [1.165, 1.54) is 27.2 Å². The number of rotatable bonds is 3. The summed E-state index contributed by atoms with van der Waals surface area (Å²) in [6.45, 7) is 0.424. The number of aromatic nitrogens is 4. The zero-order chi connectivity index (χ0) is 14.8. The van der Waals surface area contributed by atoms with Gasteiger partial charge in [0, 0.05) is 18.1 Å². The summed E-state index contributed by atoms with van der Waals surface area (Å²) >= 11 is 2.80. The van der Waals surface area contributed by atoms with Crippen LogP contribution in [0.5, 0.6) is 0 Å². The van der Waals surface area contributed by atoms with Gasteiger partial charge in [-0.3, -0.25) is 4.79 Å². The van der Waals surface area contributed by atoms with Crippen LogP contribution in [-0.4, -0.2) is 66.2 Å². The van der Waals surface area contributed by atoms with Crippen molar-refractivity contribution in [2.24, 2.45) is 0 Å². The number of carboxylic acid groups (broad SMARTS) is 1. The molecule has 1 atom stereocenters. The summed E-state index contributed by atoms with van der Waals surface area (Å²) in [6.07, 6.45) is 1.40. The summed E-state index contributed by atoms with van der Waals surface area (Å²) in [5.41, 5.74) is 0.567. The minimum Gasteiger partial charge on any atom is -0.480 e. The van der Waals surface area contributed by atoms with Crippen LogP contribution in [-0.2, 0) is 4.79 Å². The fraction of sp³-hybridized carbons (Fsp3) is 0.364. The maximum atomic E-state index is 12.7. The van der Waals surface area contributed by atoms with Crippen LogP contribution in [0.25, 0.3) is 5.69 Å². The minimum atomic E-state index is -0.976. The van der Waals surface area contributed by atoms with E-state index in [0.29, 0.717) is 22.9 Å². The number of nitrogens with zero attached hydrogens (tertiary/aromatic N) is 5. The third-order valence-electron chi connectivity index (χ3n) is 3.11. The van der Waals surface area contributed by atoms with Crippen LogP contribution in [0, 0.1) is 0 Å². The molecule has 0 aliphatic carbocycles. The molecule has 1 N–H and O–H groups in total. The zero-order valence-electron chi connectivity index (χ0n) is 10.7.